The van der Waals surface area contributed by atoms with Crippen LogP contribution < -0.4 is 14.4 Å². The number of halogens is 2. The lowest BCUT2D eigenvalue weighted by Gasteiger charge is -2.33. The number of nitro benzene ring substituents is 1. The molecule has 2 amide bonds. The van der Waals surface area contributed by atoms with E-state index in [1.165, 1.54) is 18.1 Å². The fraction of sp³-hybridized carbons (Fsp3) is 0.417. The third kappa shape index (κ3) is 7.95. The van der Waals surface area contributed by atoms with Crippen molar-refractivity contribution in [2.45, 2.75) is 45.8 Å². The number of nitro groups is 1. The predicted octanol–water partition coefficient (Wildman–Crippen LogP) is 4.01. The van der Waals surface area contributed by atoms with Crippen molar-refractivity contribution >= 4 is 56.4 Å². The van der Waals surface area contributed by atoms with Gasteiger partial charge in [-0.1, -0.05) is 36.2 Å². The van der Waals surface area contributed by atoms with Crippen molar-refractivity contribution in [3.8, 4) is 5.75 Å². The molecule has 2 aromatic rings. The van der Waals surface area contributed by atoms with Gasteiger partial charge in [0.05, 0.1) is 28.3 Å². The molecule has 0 aromatic heterocycles. The molecule has 1 atom stereocenters. The van der Waals surface area contributed by atoms with Crippen molar-refractivity contribution in [3.05, 3.63) is 62.1 Å². The molecule has 2 aromatic carbocycles. The van der Waals surface area contributed by atoms with Gasteiger partial charge in [-0.25, -0.2) is 8.42 Å². The second-order valence-corrected chi connectivity index (χ2v) is 11.5. The average Bonchev–Trinajstić information content (AvgIpc) is 2.82. The third-order valence-corrected chi connectivity index (χ3v) is 7.34. The summed E-state index contributed by atoms with van der Waals surface area (Å²) in [5.74, 6) is -1.13. The minimum atomic E-state index is -4.13. The molecule has 0 heterocycles. The molecule has 11 nitrogen and oxygen atoms in total. The van der Waals surface area contributed by atoms with Crippen molar-refractivity contribution in [1.82, 2.24) is 10.2 Å². The van der Waals surface area contributed by atoms with Gasteiger partial charge >= 0.3 is 0 Å². The number of anilines is 1. The summed E-state index contributed by atoms with van der Waals surface area (Å²) >= 11 is 12.2. The van der Waals surface area contributed by atoms with E-state index < -0.39 is 45.0 Å². The van der Waals surface area contributed by atoms with Gasteiger partial charge in [0.25, 0.3) is 5.69 Å². The Hall–Kier alpha value is -3.09. The maximum Gasteiger partial charge on any atom is 0.271 e. The molecule has 0 aliphatic carbocycles. The minimum absolute atomic E-state index is 0.00875. The predicted molar refractivity (Wildman–Crippen MR) is 146 cm³/mol. The van der Waals surface area contributed by atoms with Gasteiger partial charge in [0.1, 0.15) is 24.0 Å². The molecule has 38 heavy (non-hydrogen) atoms. The largest absolute Gasteiger partial charge is 0.495 e. The van der Waals surface area contributed by atoms with Crippen LogP contribution >= 0.6 is 23.2 Å². The van der Waals surface area contributed by atoms with Crippen molar-refractivity contribution < 1.29 is 27.7 Å². The molecule has 0 saturated heterocycles. The Bertz CT molecular complexity index is 1300. The van der Waals surface area contributed by atoms with Crippen molar-refractivity contribution in [1.29, 1.82) is 0 Å². The van der Waals surface area contributed by atoms with Gasteiger partial charge in [-0.2, -0.15) is 0 Å². The average molecular weight is 589 g/mol. The summed E-state index contributed by atoms with van der Waals surface area (Å²) in [5.41, 5.74) is -0.0218. The first-order valence-corrected chi connectivity index (χ1v) is 14.1. The van der Waals surface area contributed by atoms with Gasteiger partial charge in [0, 0.05) is 24.7 Å². The van der Waals surface area contributed by atoms with E-state index in [0.717, 1.165) is 22.7 Å². The molecule has 0 aliphatic rings. The zero-order valence-corrected chi connectivity index (χ0v) is 23.9. The number of nitrogens with one attached hydrogen (secondary N) is 1. The Kier molecular flexibility index (Phi) is 10.7. The van der Waals surface area contributed by atoms with Gasteiger partial charge in [-0.3, -0.25) is 24.0 Å². The van der Waals surface area contributed by atoms with E-state index in [-0.39, 0.29) is 35.5 Å². The number of benzene rings is 2. The second kappa shape index (κ2) is 13.1. The molecular weight excluding hydrogens is 559 g/mol. The van der Waals surface area contributed by atoms with Crippen LogP contribution in [0.4, 0.5) is 11.4 Å². The van der Waals surface area contributed by atoms with Crippen LogP contribution in [0.15, 0.2) is 36.4 Å². The number of rotatable bonds is 12. The summed E-state index contributed by atoms with van der Waals surface area (Å²) in [5, 5.41) is 14.7. The lowest BCUT2D eigenvalue weighted by atomic mass is 10.1. The third-order valence-electron chi connectivity index (χ3n) is 5.47. The maximum absolute atomic E-state index is 13.7. The number of sulfonamides is 1. The van der Waals surface area contributed by atoms with E-state index in [9.17, 15) is 28.1 Å². The summed E-state index contributed by atoms with van der Waals surface area (Å²) in [4.78, 5) is 38.7. The summed E-state index contributed by atoms with van der Waals surface area (Å²) in [6.07, 6.45) is 1.09. The van der Waals surface area contributed by atoms with Crippen molar-refractivity contribution in [2.75, 3.05) is 24.2 Å². The first-order chi connectivity index (χ1) is 17.7. The second-order valence-electron chi connectivity index (χ2n) is 8.74. The molecule has 0 spiro atoms. The smallest absolute Gasteiger partial charge is 0.271 e. The molecule has 14 heteroatoms. The minimum Gasteiger partial charge on any atom is -0.495 e. The van der Waals surface area contributed by atoms with Crippen molar-refractivity contribution in [2.24, 2.45) is 0 Å². The molecule has 0 aliphatic heterocycles. The molecule has 0 radical (unpaired) electrons. The van der Waals surface area contributed by atoms with Crippen LogP contribution in [-0.2, 0) is 26.2 Å². The van der Waals surface area contributed by atoms with Gasteiger partial charge < -0.3 is 15.0 Å². The summed E-state index contributed by atoms with van der Waals surface area (Å²) < 4.78 is 31.6. The number of carbonyl (C=O) groups excluding carboxylic acids is 2. The van der Waals surface area contributed by atoms with Crippen LogP contribution in [0.5, 0.6) is 5.75 Å². The summed E-state index contributed by atoms with van der Waals surface area (Å²) in [7, 11) is -2.86. The summed E-state index contributed by atoms with van der Waals surface area (Å²) in [6, 6.07) is 6.99. The van der Waals surface area contributed by atoms with Crippen LogP contribution in [0.1, 0.15) is 32.8 Å². The normalized spacial score (nSPS) is 12.1. The Morgan fingerprint density at radius 2 is 1.79 bits per heavy atom. The van der Waals surface area contributed by atoms with Gasteiger partial charge in [-0.05, 0) is 44.0 Å². The van der Waals surface area contributed by atoms with Gasteiger partial charge in [0.15, 0.2) is 0 Å². The Morgan fingerprint density at radius 1 is 1.13 bits per heavy atom. The number of hydrogen-bond donors (Lipinski definition) is 1. The standard InChI is InChI=1S/C24H30Cl2N4O7S/c1-6-20(24(32)27-15(2)3)28(13-16-7-9-18(25)19(26)11-16)23(31)14-29(38(5,35)36)21-12-17(30(33)34)8-10-22(21)37-4/h7-12,15,20H,6,13-14H2,1-5H3,(H,27,32). The Balaban J connectivity index is 2.59. The molecule has 208 valence electrons. The number of carbonyl (C=O) groups is 2. The number of hydrogen-bond acceptors (Lipinski definition) is 7. The topological polar surface area (TPSA) is 139 Å². The van der Waals surface area contributed by atoms with Crippen LogP contribution in [0.25, 0.3) is 0 Å². The molecule has 1 unspecified atom stereocenters. The molecular formula is C24H30Cl2N4O7S. The highest BCUT2D eigenvalue weighted by Gasteiger charge is 2.33. The van der Waals surface area contributed by atoms with E-state index in [1.807, 2.05) is 0 Å². The highest BCUT2D eigenvalue weighted by Crippen LogP contribution is 2.34. The first-order valence-electron chi connectivity index (χ1n) is 11.5. The number of nitrogens with zero attached hydrogens (tertiary/aromatic N) is 3. The van der Waals surface area contributed by atoms with E-state index >= 15 is 0 Å². The molecule has 0 saturated carbocycles. The quantitative estimate of drug-likeness (QED) is 0.292. The lowest BCUT2D eigenvalue weighted by molar-refractivity contribution is -0.384. The van der Waals surface area contributed by atoms with E-state index in [2.05, 4.69) is 5.32 Å². The highest BCUT2D eigenvalue weighted by molar-refractivity contribution is 7.92. The van der Waals surface area contributed by atoms with Crippen LogP contribution in [0.3, 0.4) is 0 Å². The number of ether oxygens (including phenoxy) is 1. The molecule has 1 N–H and O–H groups in total. The van der Waals surface area contributed by atoms with E-state index in [0.29, 0.717) is 10.6 Å². The zero-order chi connectivity index (χ0) is 28.8. The van der Waals surface area contributed by atoms with E-state index in [4.69, 9.17) is 27.9 Å². The fourth-order valence-electron chi connectivity index (χ4n) is 3.72. The Labute approximate surface area is 231 Å². The van der Waals surface area contributed by atoms with Crippen LogP contribution in [-0.4, -0.2) is 62.0 Å². The number of methoxy groups -OCH3 is 1. The molecule has 0 bridgehead atoms. The van der Waals surface area contributed by atoms with Gasteiger partial charge in [-0.15, -0.1) is 0 Å². The maximum atomic E-state index is 13.7. The Morgan fingerprint density at radius 3 is 2.29 bits per heavy atom. The van der Waals surface area contributed by atoms with Crippen molar-refractivity contribution in [3.63, 3.8) is 0 Å². The van der Waals surface area contributed by atoms with E-state index in [1.54, 1.807) is 39.0 Å². The summed E-state index contributed by atoms with van der Waals surface area (Å²) in [6.45, 7) is 4.44. The van der Waals surface area contributed by atoms with Gasteiger partial charge in [0.2, 0.25) is 21.8 Å². The zero-order valence-electron chi connectivity index (χ0n) is 21.6. The number of amides is 2. The first kappa shape index (κ1) is 31.1. The van der Waals surface area contributed by atoms with Crippen LogP contribution in [0, 0.1) is 10.1 Å². The molecule has 0 fully saturated rings. The highest BCUT2D eigenvalue weighted by atomic mass is 35.5. The lowest BCUT2D eigenvalue weighted by Crippen LogP contribution is -2.53. The number of non-ortho nitro benzene ring substituents is 1. The van der Waals surface area contributed by atoms with Crippen LogP contribution in [0.2, 0.25) is 10.0 Å². The monoisotopic (exact) mass is 588 g/mol. The fourth-order valence-corrected chi connectivity index (χ4v) is 4.88. The molecule has 2 rings (SSSR count). The SMILES string of the molecule is CCC(C(=O)NC(C)C)N(Cc1ccc(Cl)c(Cl)c1)C(=O)CN(c1cc([N+](=O)[O-])ccc1OC)S(C)(=O)=O.